The zero-order valence-electron chi connectivity index (χ0n) is 20.5. The van der Waals surface area contributed by atoms with Crippen molar-refractivity contribution in [1.29, 1.82) is 0 Å². The first-order valence-electron chi connectivity index (χ1n) is 10.6. The van der Waals surface area contributed by atoms with Gasteiger partial charge in [-0.1, -0.05) is 0 Å². The van der Waals surface area contributed by atoms with Crippen molar-refractivity contribution in [1.82, 2.24) is 15.1 Å². The molecule has 1 N–H and O–H groups in total. The molecule has 2 saturated heterocycles. The molecule has 2 heterocycles. The second-order valence-corrected chi connectivity index (χ2v) is 7.86. The number of nitrogens with zero attached hydrogens (tertiary/aromatic N) is 2. The summed E-state index contributed by atoms with van der Waals surface area (Å²) in [6.07, 6.45) is -4.58. The van der Waals surface area contributed by atoms with Gasteiger partial charge in [-0.25, -0.2) is 4.79 Å². The first kappa shape index (κ1) is 28.2. The number of urea groups is 1. The van der Waals surface area contributed by atoms with Gasteiger partial charge in [-0.15, -0.1) is 0 Å². The molecule has 0 aromatic heterocycles. The van der Waals surface area contributed by atoms with E-state index in [0.29, 0.717) is 9.80 Å². The molecule has 0 spiro atoms. The topological polar surface area (TPSA) is 184 Å². The summed E-state index contributed by atoms with van der Waals surface area (Å²) in [5, 5.41) is 2.66. The van der Waals surface area contributed by atoms with E-state index in [1.54, 1.807) is 0 Å². The second-order valence-electron chi connectivity index (χ2n) is 7.86. The Labute approximate surface area is 205 Å². The Hall–Kier alpha value is -4.01. The average molecular weight is 513 g/mol. The van der Waals surface area contributed by atoms with Crippen molar-refractivity contribution in [3.05, 3.63) is 11.8 Å². The summed E-state index contributed by atoms with van der Waals surface area (Å²) in [6, 6.07) is -2.17. The molecule has 3 unspecified atom stereocenters. The molecule has 2 rings (SSSR count). The van der Waals surface area contributed by atoms with Crippen molar-refractivity contribution in [2.75, 3.05) is 20.7 Å². The molecule has 0 aromatic rings. The number of rotatable bonds is 7. The maximum Gasteiger partial charge on any atom is 0.333 e. The molecule has 2 fully saturated rings. The number of hydrogen-bond donors (Lipinski definition) is 1. The highest BCUT2D eigenvalue weighted by Gasteiger charge is 2.52. The molecule has 4 amide bonds. The molecular weight excluding hydrogens is 486 g/mol. The maximum absolute atomic E-state index is 12.5. The van der Waals surface area contributed by atoms with Crippen LogP contribution in [0.25, 0.3) is 0 Å². The van der Waals surface area contributed by atoms with Gasteiger partial charge < -0.3 is 29.0 Å². The summed E-state index contributed by atoms with van der Waals surface area (Å²) in [7, 11) is 2.34. The summed E-state index contributed by atoms with van der Waals surface area (Å²) in [5.41, 5.74) is -0.464. The van der Waals surface area contributed by atoms with Gasteiger partial charge in [0.25, 0.3) is 11.8 Å². The van der Waals surface area contributed by atoms with Crippen LogP contribution in [0, 0.1) is 0 Å². The van der Waals surface area contributed by atoms with Crippen molar-refractivity contribution in [2.24, 2.45) is 0 Å². The number of carbonyl (C=O) groups excluding carboxylic acids is 7. The quantitative estimate of drug-likeness (QED) is 0.181. The molecule has 2 aliphatic rings. The molecule has 0 bridgehead atoms. The van der Waals surface area contributed by atoms with Crippen molar-refractivity contribution < 1.29 is 57.2 Å². The predicted octanol–water partition coefficient (Wildman–Crippen LogP) is -1.41. The fraction of sp³-hybridized carbons (Fsp3) is 0.571. The van der Waals surface area contributed by atoms with Crippen LogP contribution in [-0.4, -0.2) is 103 Å². The molecule has 198 valence electrons. The van der Waals surface area contributed by atoms with Gasteiger partial charge in [-0.05, 0) is 0 Å². The normalized spacial score (nSPS) is 26.2. The molecule has 0 aliphatic carbocycles. The fourth-order valence-corrected chi connectivity index (χ4v) is 3.50. The predicted molar refractivity (Wildman–Crippen MR) is 114 cm³/mol. The molecule has 0 saturated carbocycles. The molecule has 0 aromatic carbocycles. The van der Waals surface area contributed by atoms with Crippen LogP contribution in [0.15, 0.2) is 11.8 Å². The van der Waals surface area contributed by atoms with Gasteiger partial charge >= 0.3 is 29.9 Å². The first-order valence-corrected chi connectivity index (χ1v) is 10.6. The molecule has 36 heavy (non-hydrogen) atoms. The standard InChI is InChI=1S/C21H27N3O12/c1-9(25)32-8-14-16(33-10(2)26)17(34-11(3)27)15(20(36-14)35-12(4)28)22-7-13-18(29)23(5)21(31)24(6)19(13)30/h7,14-17,20,22H,8H2,1-6H3/t14?,15?,16-,17-,20?/m1/s1. The third-order valence-corrected chi connectivity index (χ3v) is 5.05. The number of amides is 4. The Morgan fingerprint density at radius 2 is 1.33 bits per heavy atom. The molecular formula is C21H27N3O12. The highest BCUT2D eigenvalue weighted by atomic mass is 16.7. The Morgan fingerprint density at radius 3 is 1.81 bits per heavy atom. The lowest BCUT2D eigenvalue weighted by molar-refractivity contribution is -0.270. The van der Waals surface area contributed by atoms with Gasteiger partial charge in [0.15, 0.2) is 12.2 Å². The van der Waals surface area contributed by atoms with E-state index in [0.717, 1.165) is 33.9 Å². The van der Waals surface area contributed by atoms with Gasteiger partial charge in [0.2, 0.25) is 6.29 Å². The average Bonchev–Trinajstić information content (AvgIpc) is 2.77. The monoisotopic (exact) mass is 513 g/mol. The van der Waals surface area contributed by atoms with Crippen molar-refractivity contribution >= 4 is 41.7 Å². The smallest absolute Gasteiger partial charge is 0.333 e. The van der Waals surface area contributed by atoms with Crippen LogP contribution in [0.5, 0.6) is 0 Å². The van der Waals surface area contributed by atoms with Crippen LogP contribution in [-0.2, 0) is 52.5 Å². The third kappa shape index (κ3) is 6.56. The van der Waals surface area contributed by atoms with Crippen LogP contribution in [0.3, 0.4) is 0 Å². The summed E-state index contributed by atoms with van der Waals surface area (Å²) < 4.78 is 26.5. The van der Waals surface area contributed by atoms with Crippen molar-refractivity contribution in [3.8, 4) is 0 Å². The SMILES string of the molecule is CC(=O)OCC1OC(OC(C)=O)C(NC=C2C(=O)N(C)C(=O)N(C)C2=O)[C@@H](OC(C)=O)[C@@H]1OC(C)=O. The van der Waals surface area contributed by atoms with Crippen LogP contribution in [0.4, 0.5) is 4.79 Å². The van der Waals surface area contributed by atoms with Gasteiger partial charge in [0, 0.05) is 48.0 Å². The number of nitrogens with one attached hydrogen (secondary N) is 1. The number of ether oxygens (including phenoxy) is 5. The molecule has 0 radical (unpaired) electrons. The lowest BCUT2D eigenvalue weighted by Gasteiger charge is -2.44. The number of imide groups is 2. The molecule has 15 heteroatoms. The minimum absolute atomic E-state index is 0.453. The number of esters is 4. The molecule has 15 nitrogen and oxygen atoms in total. The molecule has 5 atom stereocenters. The van der Waals surface area contributed by atoms with E-state index in [9.17, 15) is 33.6 Å². The Morgan fingerprint density at radius 1 is 0.833 bits per heavy atom. The second kappa shape index (κ2) is 11.6. The number of hydrogen-bond acceptors (Lipinski definition) is 13. The van der Waals surface area contributed by atoms with Crippen LogP contribution in [0.1, 0.15) is 27.7 Å². The Balaban J connectivity index is 2.51. The van der Waals surface area contributed by atoms with E-state index in [1.807, 2.05) is 0 Å². The van der Waals surface area contributed by atoms with Crippen LogP contribution < -0.4 is 5.32 Å². The highest BCUT2D eigenvalue weighted by Crippen LogP contribution is 2.28. The minimum atomic E-state index is -1.53. The maximum atomic E-state index is 12.5. The largest absolute Gasteiger partial charge is 0.463 e. The first-order chi connectivity index (χ1) is 16.7. The van der Waals surface area contributed by atoms with E-state index >= 15 is 0 Å². The zero-order valence-corrected chi connectivity index (χ0v) is 20.5. The van der Waals surface area contributed by atoms with Crippen molar-refractivity contribution in [3.63, 3.8) is 0 Å². The fourth-order valence-electron chi connectivity index (χ4n) is 3.50. The van der Waals surface area contributed by atoms with E-state index in [1.165, 1.54) is 14.1 Å². The third-order valence-electron chi connectivity index (χ3n) is 5.05. The zero-order chi connectivity index (χ0) is 27.3. The summed E-state index contributed by atoms with van der Waals surface area (Å²) >= 11 is 0. The summed E-state index contributed by atoms with van der Waals surface area (Å²) in [6.45, 7) is 3.90. The Bertz CT molecular complexity index is 967. The minimum Gasteiger partial charge on any atom is -0.463 e. The molecule has 2 aliphatic heterocycles. The van der Waals surface area contributed by atoms with Crippen molar-refractivity contribution in [2.45, 2.75) is 58.3 Å². The van der Waals surface area contributed by atoms with Gasteiger partial charge in [-0.2, -0.15) is 0 Å². The van der Waals surface area contributed by atoms with E-state index < -0.39 is 84.5 Å². The summed E-state index contributed by atoms with van der Waals surface area (Å²) in [5.74, 6) is -4.96. The highest BCUT2D eigenvalue weighted by molar-refractivity contribution is 6.28. The van der Waals surface area contributed by atoms with Crippen LogP contribution >= 0.6 is 0 Å². The van der Waals surface area contributed by atoms with E-state index in [4.69, 9.17) is 23.7 Å². The number of likely N-dealkylation sites (N-methyl/N-ethyl adjacent to an activating group) is 2. The van der Waals surface area contributed by atoms with E-state index in [-0.39, 0.29) is 0 Å². The lowest BCUT2D eigenvalue weighted by Crippen LogP contribution is -2.65. The number of barbiturate groups is 1. The van der Waals surface area contributed by atoms with Gasteiger partial charge in [-0.3, -0.25) is 38.6 Å². The van der Waals surface area contributed by atoms with Gasteiger partial charge in [0.1, 0.15) is 24.3 Å². The Kier molecular flexibility index (Phi) is 9.11. The van der Waals surface area contributed by atoms with E-state index in [2.05, 4.69) is 5.32 Å². The number of carbonyl (C=O) groups is 7. The van der Waals surface area contributed by atoms with Gasteiger partial charge in [0.05, 0.1) is 0 Å². The van der Waals surface area contributed by atoms with Crippen LogP contribution in [0.2, 0.25) is 0 Å². The summed E-state index contributed by atoms with van der Waals surface area (Å²) in [4.78, 5) is 85.3. The lowest BCUT2D eigenvalue weighted by atomic mass is 9.96.